The summed E-state index contributed by atoms with van der Waals surface area (Å²) in [6.07, 6.45) is 6.62. The molecule has 4 rings (SSSR count). The van der Waals surface area contributed by atoms with E-state index in [0.717, 1.165) is 49.0 Å². The van der Waals surface area contributed by atoms with Gasteiger partial charge in [-0.2, -0.15) is 5.10 Å². The van der Waals surface area contributed by atoms with Gasteiger partial charge in [-0.15, -0.1) is 11.3 Å². The van der Waals surface area contributed by atoms with Gasteiger partial charge in [0, 0.05) is 55.8 Å². The third-order valence-corrected chi connectivity index (χ3v) is 5.62. The number of nitrogens with one attached hydrogen (secondary N) is 2. The lowest BCUT2D eigenvalue weighted by molar-refractivity contribution is 0.297. The van der Waals surface area contributed by atoms with Crippen LogP contribution in [0.5, 0.6) is 11.5 Å². The highest BCUT2D eigenvalue weighted by atomic mass is 32.1. The maximum Gasteiger partial charge on any atom is 0.195 e. The molecule has 1 aliphatic rings. The van der Waals surface area contributed by atoms with Gasteiger partial charge in [-0.1, -0.05) is 6.07 Å². The second-order valence-electron chi connectivity index (χ2n) is 7.10. The van der Waals surface area contributed by atoms with Gasteiger partial charge in [-0.25, -0.2) is 0 Å². The molecule has 8 heteroatoms. The molecule has 0 unspecified atom stereocenters. The first-order valence-electron chi connectivity index (χ1n) is 10.2. The highest BCUT2D eigenvalue weighted by Gasteiger charge is 2.11. The van der Waals surface area contributed by atoms with E-state index < -0.39 is 0 Å². The largest absolute Gasteiger partial charge is 0.490 e. The Kier molecular flexibility index (Phi) is 6.87. The van der Waals surface area contributed by atoms with Crippen LogP contribution in [-0.2, 0) is 19.9 Å². The quantitative estimate of drug-likeness (QED) is 0.448. The molecule has 0 atom stereocenters. The Bertz CT molecular complexity index is 968. The highest BCUT2D eigenvalue weighted by Crippen LogP contribution is 2.32. The van der Waals surface area contributed by atoms with E-state index in [4.69, 9.17) is 14.5 Å². The van der Waals surface area contributed by atoms with Crippen molar-refractivity contribution in [3.05, 3.63) is 58.5 Å². The lowest BCUT2D eigenvalue weighted by Gasteiger charge is -2.14. The molecule has 0 spiro atoms. The molecule has 1 aliphatic heterocycles. The first-order valence-corrected chi connectivity index (χ1v) is 11.1. The molecular formula is C22H27N5O2S. The molecule has 3 heterocycles. The zero-order valence-corrected chi connectivity index (χ0v) is 18.0. The fourth-order valence-electron chi connectivity index (χ4n) is 3.18. The summed E-state index contributed by atoms with van der Waals surface area (Å²) in [6.45, 7) is 2.83. The zero-order chi connectivity index (χ0) is 20.6. The summed E-state index contributed by atoms with van der Waals surface area (Å²) in [4.78, 5) is 6.11. The molecule has 1 aromatic carbocycles. The number of ether oxygens (including phenoxy) is 2. The number of aryl methyl sites for hydroxylation is 1. The topological polar surface area (TPSA) is 72.7 Å². The van der Waals surface area contributed by atoms with Gasteiger partial charge in [-0.3, -0.25) is 9.67 Å². The molecule has 0 fully saturated rings. The molecule has 0 amide bonds. The van der Waals surface area contributed by atoms with Crippen molar-refractivity contribution in [2.45, 2.75) is 19.3 Å². The number of aromatic nitrogens is 2. The van der Waals surface area contributed by atoms with Crippen molar-refractivity contribution in [2.24, 2.45) is 12.0 Å². The predicted octanol–water partition coefficient (Wildman–Crippen LogP) is 3.49. The van der Waals surface area contributed by atoms with Gasteiger partial charge >= 0.3 is 0 Å². The number of hydrogen-bond acceptors (Lipinski definition) is 5. The monoisotopic (exact) mass is 425 g/mol. The molecule has 3 aromatic rings. The van der Waals surface area contributed by atoms with Crippen LogP contribution in [0.15, 0.2) is 53.1 Å². The number of hydrogen-bond donors (Lipinski definition) is 2. The predicted molar refractivity (Wildman–Crippen MR) is 121 cm³/mol. The van der Waals surface area contributed by atoms with Crippen LogP contribution in [0, 0.1) is 0 Å². The van der Waals surface area contributed by atoms with Crippen molar-refractivity contribution >= 4 is 23.0 Å². The van der Waals surface area contributed by atoms with Crippen LogP contribution in [0.25, 0.3) is 0 Å². The van der Waals surface area contributed by atoms with Crippen LogP contribution in [0.3, 0.4) is 0 Å². The van der Waals surface area contributed by atoms with Gasteiger partial charge in [0.2, 0.25) is 0 Å². The summed E-state index contributed by atoms with van der Waals surface area (Å²) in [5.74, 6) is 2.31. The van der Waals surface area contributed by atoms with Gasteiger partial charge in [0.05, 0.1) is 19.4 Å². The van der Waals surface area contributed by atoms with Crippen molar-refractivity contribution in [1.29, 1.82) is 0 Å². The summed E-state index contributed by atoms with van der Waals surface area (Å²) >= 11 is 1.76. The summed E-state index contributed by atoms with van der Waals surface area (Å²) in [6, 6.07) is 10.1. The second-order valence-corrected chi connectivity index (χ2v) is 8.13. The minimum absolute atomic E-state index is 0.668. The highest BCUT2D eigenvalue weighted by molar-refractivity contribution is 7.09. The van der Waals surface area contributed by atoms with E-state index in [9.17, 15) is 0 Å². The molecular weight excluding hydrogens is 398 g/mol. The number of nitrogens with zero attached hydrogens (tertiary/aromatic N) is 3. The number of anilines is 1. The fourth-order valence-corrected chi connectivity index (χ4v) is 3.87. The Labute approximate surface area is 180 Å². The summed E-state index contributed by atoms with van der Waals surface area (Å²) < 4.78 is 13.4. The Morgan fingerprint density at radius 3 is 2.90 bits per heavy atom. The third kappa shape index (κ3) is 5.76. The maximum atomic E-state index is 5.81. The Balaban J connectivity index is 1.41. The molecule has 7 nitrogen and oxygen atoms in total. The number of benzene rings is 1. The zero-order valence-electron chi connectivity index (χ0n) is 17.1. The minimum atomic E-state index is 0.668. The second kappa shape index (κ2) is 10.2. The van der Waals surface area contributed by atoms with Gasteiger partial charge < -0.3 is 20.1 Å². The summed E-state index contributed by atoms with van der Waals surface area (Å²) in [7, 11) is 1.93. The van der Waals surface area contributed by atoms with E-state index in [2.05, 4.69) is 33.2 Å². The van der Waals surface area contributed by atoms with Crippen molar-refractivity contribution in [3.8, 4) is 11.5 Å². The lowest BCUT2D eigenvalue weighted by atomic mass is 10.2. The van der Waals surface area contributed by atoms with Crippen molar-refractivity contribution in [1.82, 2.24) is 15.1 Å². The van der Waals surface area contributed by atoms with Gasteiger partial charge in [-0.05, 0) is 35.6 Å². The molecule has 2 aromatic heterocycles. The third-order valence-electron chi connectivity index (χ3n) is 4.68. The van der Waals surface area contributed by atoms with E-state index in [1.165, 1.54) is 10.4 Å². The molecule has 30 heavy (non-hydrogen) atoms. The average Bonchev–Trinajstić information content (AvgIpc) is 3.34. The smallest absolute Gasteiger partial charge is 0.195 e. The Hall–Kier alpha value is -3.00. The molecule has 2 N–H and O–H groups in total. The number of rotatable bonds is 7. The van der Waals surface area contributed by atoms with Crippen LogP contribution in [-0.4, -0.2) is 42.0 Å². The molecule has 0 aliphatic carbocycles. The average molecular weight is 426 g/mol. The normalized spacial score (nSPS) is 13.7. The van der Waals surface area contributed by atoms with Crippen LogP contribution in [0.4, 0.5) is 5.69 Å². The van der Waals surface area contributed by atoms with E-state index >= 15 is 0 Å². The summed E-state index contributed by atoms with van der Waals surface area (Å²) in [5.41, 5.74) is 2.11. The van der Waals surface area contributed by atoms with E-state index in [1.807, 2.05) is 42.3 Å². The number of thiophene rings is 1. The van der Waals surface area contributed by atoms with Gasteiger partial charge in [0.15, 0.2) is 17.5 Å². The van der Waals surface area contributed by atoms with Crippen LogP contribution in [0.1, 0.15) is 16.9 Å². The van der Waals surface area contributed by atoms with E-state index in [-0.39, 0.29) is 0 Å². The summed E-state index contributed by atoms with van der Waals surface area (Å²) in [5, 5.41) is 13.2. The first-order chi connectivity index (χ1) is 14.8. The Morgan fingerprint density at radius 1 is 1.20 bits per heavy atom. The van der Waals surface area contributed by atoms with E-state index in [1.54, 1.807) is 11.3 Å². The van der Waals surface area contributed by atoms with Crippen LogP contribution < -0.4 is 20.1 Å². The van der Waals surface area contributed by atoms with Crippen LogP contribution in [0.2, 0.25) is 0 Å². The lowest BCUT2D eigenvalue weighted by Crippen LogP contribution is -2.32. The molecule has 0 saturated heterocycles. The fraction of sp³-hybridized carbons (Fsp3) is 0.364. The van der Waals surface area contributed by atoms with Crippen molar-refractivity contribution in [3.63, 3.8) is 0 Å². The molecule has 0 radical (unpaired) electrons. The SMILES string of the molecule is Cn1cc(CCNC(=NCCc2cccs2)Nc2ccc3c(c2)OCCCO3)cn1. The van der Waals surface area contributed by atoms with E-state index in [0.29, 0.717) is 19.8 Å². The maximum absolute atomic E-state index is 5.81. The van der Waals surface area contributed by atoms with Gasteiger partial charge in [0.1, 0.15) is 0 Å². The molecule has 158 valence electrons. The van der Waals surface area contributed by atoms with Gasteiger partial charge in [0.25, 0.3) is 0 Å². The standard InChI is InChI=1S/C22H27N5O2S/c1-27-16-17(15-25-27)7-9-23-22(24-10-8-19-4-2-13-30-19)26-18-5-6-20-21(14-18)29-12-3-11-28-20/h2,4-6,13-16H,3,7-12H2,1H3,(H2,23,24,26). The van der Waals surface area contributed by atoms with Crippen molar-refractivity contribution < 1.29 is 9.47 Å². The number of aliphatic imine (C=N–C) groups is 1. The molecule has 0 bridgehead atoms. The first kappa shape index (κ1) is 20.3. The molecule has 0 saturated carbocycles. The Morgan fingerprint density at radius 2 is 2.10 bits per heavy atom. The number of fused-ring (bicyclic) bond motifs is 1. The van der Waals surface area contributed by atoms with Crippen LogP contribution >= 0.6 is 11.3 Å². The number of guanidine groups is 1. The minimum Gasteiger partial charge on any atom is -0.490 e. The van der Waals surface area contributed by atoms with Crippen molar-refractivity contribution in [2.75, 3.05) is 31.6 Å².